The second-order valence-electron chi connectivity index (χ2n) is 4.89. The third kappa shape index (κ3) is 3.08. The molecule has 0 fully saturated rings. The van der Waals surface area contributed by atoms with E-state index in [0.29, 0.717) is 6.42 Å². The van der Waals surface area contributed by atoms with Crippen molar-refractivity contribution in [2.24, 2.45) is 5.73 Å². The van der Waals surface area contributed by atoms with Gasteiger partial charge in [0.1, 0.15) is 11.2 Å². The summed E-state index contributed by atoms with van der Waals surface area (Å²) in [4.78, 5) is 15.9. The van der Waals surface area contributed by atoms with Crippen LogP contribution in [0.2, 0.25) is 0 Å². The number of benzene rings is 1. The van der Waals surface area contributed by atoms with Crippen LogP contribution >= 0.6 is 0 Å². The number of aliphatic carboxylic acids is 1. The first kappa shape index (κ1) is 15.1. The molecule has 110 valence electrons. The van der Waals surface area contributed by atoms with Crippen molar-refractivity contribution in [3.8, 4) is 0 Å². The molecule has 0 aliphatic carbocycles. The van der Waals surface area contributed by atoms with Crippen molar-refractivity contribution in [3.05, 3.63) is 65.7 Å². The molecule has 2 aromatic rings. The molecule has 0 bridgehead atoms. The molecule has 1 unspecified atom stereocenters. The third-order valence-corrected chi connectivity index (χ3v) is 3.68. The summed E-state index contributed by atoms with van der Waals surface area (Å²) in [6.45, 7) is -0.171. The van der Waals surface area contributed by atoms with Crippen LogP contribution in [0.5, 0.6) is 0 Å². The highest BCUT2D eigenvalue weighted by Gasteiger charge is 2.40. The predicted octanol–water partition coefficient (Wildman–Crippen LogP) is 2.13. The molecule has 0 aliphatic rings. The van der Waals surface area contributed by atoms with Crippen LogP contribution in [0, 0.1) is 5.82 Å². The van der Waals surface area contributed by atoms with Crippen molar-refractivity contribution >= 4 is 5.97 Å². The Bertz CT molecular complexity index is 619. The molecule has 0 saturated carbocycles. The number of nitrogens with zero attached hydrogens (tertiary/aromatic N) is 1. The molecule has 5 heteroatoms. The fourth-order valence-electron chi connectivity index (χ4n) is 2.39. The first-order valence-corrected chi connectivity index (χ1v) is 6.68. The van der Waals surface area contributed by atoms with Crippen molar-refractivity contribution in [3.63, 3.8) is 0 Å². The zero-order valence-electron chi connectivity index (χ0n) is 11.5. The van der Waals surface area contributed by atoms with E-state index in [0.717, 1.165) is 5.69 Å². The molecule has 0 spiro atoms. The van der Waals surface area contributed by atoms with E-state index in [2.05, 4.69) is 4.98 Å². The molecular formula is C16H17FN2O2. The number of carbonyl (C=O) groups is 1. The largest absolute Gasteiger partial charge is 0.481 e. The monoisotopic (exact) mass is 288 g/mol. The van der Waals surface area contributed by atoms with Gasteiger partial charge in [0.05, 0.1) is 0 Å². The van der Waals surface area contributed by atoms with E-state index in [1.165, 1.54) is 18.2 Å². The number of pyridine rings is 1. The molecule has 3 N–H and O–H groups in total. The lowest BCUT2D eigenvalue weighted by Crippen LogP contribution is -2.44. The fourth-order valence-corrected chi connectivity index (χ4v) is 2.39. The first-order chi connectivity index (χ1) is 10.1. The molecule has 2 rings (SSSR count). The SMILES string of the molecule is NCC(CCc1ccccn1)(C(=O)O)c1ccccc1F. The lowest BCUT2D eigenvalue weighted by atomic mass is 9.76. The van der Waals surface area contributed by atoms with Gasteiger partial charge in [-0.25, -0.2) is 4.39 Å². The normalized spacial score (nSPS) is 13.6. The van der Waals surface area contributed by atoms with E-state index in [4.69, 9.17) is 5.73 Å². The maximum Gasteiger partial charge on any atom is 0.315 e. The summed E-state index contributed by atoms with van der Waals surface area (Å²) in [5, 5.41) is 9.61. The van der Waals surface area contributed by atoms with Crippen molar-refractivity contribution < 1.29 is 14.3 Å². The van der Waals surface area contributed by atoms with Gasteiger partial charge in [0.15, 0.2) is 0 Å². The van der Waals surface area contributed by atoms with E-state index < -0.39 is 17.2 Å². The molecule has 1 atom stereocenters. The number of rotatable bonds is 6. The van der Waals surface area contributed by atoms with Gasteiger partial charge < -0.3 is 10.8 Å². The van der Waals surface area contributed by atoms with Gasteiger partial charge in [0.25, 0.3) is 0 Å². The molecule has 21 heavy (non-hydrogen) atoms. The maximum absolute atomic E-state index is 14.0. The van der Waals surface area contributed by atoms with Crippen molar-refractivity contribution in [2.75, 3.05) is 6.54 Å². The van der Waals surface area contributed by atoms with Crippen LogP contribution in [0.3, 0.4) is 0 Å². The number of nitrogens with two attached hydrogens (primary N) is 1. The summed E-state index contributed by atoms with van der Waals surface area (Å²) < 4.78 is 14.0. The lowest BCUT2D eigenvalue weighted by Gasteiger charge is -2.28. The fraction of sp³-hybridized carbons (Fsp3) is 0.250. The first-order valence-electron chi connectivity index (χ1n) is 6.68. The summed E-state index contributed by atoms with van der Waals surface area (Å²) in [5.41, 5.74) is 5.14. The van der Waals surface area contributed by atoms with Crippen LogP contribution in [-0.4, -0.2) is 22.6 Å². The molecule has 0 aliphatic heterocycles. The van der Waals surface area contributed by atoms with Crippen LogP contribution in [0.25, 0.3) is 0 Å². The smallest absolute Gasteiger partial charge is 0.315 e. The van der Waals surface area contributed by atoms with Gasteiger partial charge in [-0.1, -0.05) is 24.3 Å². The van der Waals surface area contributed by atoms with Crippen LogP contribution in [-0.2, 0) is 16.6 Å². The number of halogens is 1. The quantitative estimate of drug-likeness (QED) is 0.853. The molecular weight excluding hydrogens is 271 g/mol. The van der Waals surface area contributed by atoms with Crippen LogP contribution in [0.15, 0.2) is 48.7 Å². The summed E-state index contributed by atoms with van der Waals surface area (Å²) in [6, 6.07) is 11.3. The summed E-state index contributed by atoms with van der Waals surface area (Å²) >= 11 is 0. The molecule has 0 saturated heterocycles. The standard InChI is InChI=1S/C16H17FN2O2/c17-14-7-2-1-6-13(14)16(11-18,15(20)21)9-8-12-5-3-4-10-19-12/h1-7,10H,8-9,11,18H2,(H,20,21). The number of aromatic nitrogens is 1. The molecule has 1 aromatic carbocycles. The van der Waals surface area contributed by atoms with Gasteiger partial charge in [-0.3, -0.25) is 9.78 Å². The Hall–Kier alpha value is -2.27. The van der Waals surface area contributed by atoms with Crippen LogP contribution in [0.1, 0.15) is 17.7 Å². The summed E-state index contributed by atoms with van der Waals surface area (Å²) in [6.07, 6.45) is 2.25. The van der Waals surface area contributed by atoms with Crippen LogP contribution < -0.4 is 5.73 Å². The van der Waals surface area contributed by atoms with E-state index >= 15 is 0 Å². The Morgan fingerprint density at radius 2 is 1.95 bits per heavy atom. The van der Waals surface area contributed by atoms with Gasteiger partial charge in [-0.2, -0.15) is 0 Å². The van der Waals surface area contributed by atoms with Crippen LogP contribution in [0.4, 0.5) is 4.39 Å². The average Bonchev–Trinajstić information content (AvgIpc) is 2.50. The maximum atomic E-state index is 14.0. The number of aryl methyl sites for hydroxylation is 1. The zero-order valence-corrected chi connectivity index (χ0v) is 11.5. The zero-order chi connectivity index (χ0) is 15.3. The number of hydrogen-bond donors (Lipinski definition) is 2. The second-order valence-corrected chi connectivity index (χ2v) is 4.89. The highest BCUT2D eigenvalue weighted by Crippen LogP contribution is 2.31. The molecule has 1 heterocycles. The number of hydrogen-bond acceptors (Lipinski definition) is 3. The van der Waals surface area contributed by atoms with Gasteiger partial charge in [-0.15, -0.1) is 0 Å². The van der Waals surface area contributed by atoms with E-state index in [9.17, 15) is 14.3 Å². The van der Waals surface area contributed by atoms with Crippen molar-refractivity contribution in [1.82, 2.24) is 4.98 Å². The molecule has 0 radical (unpaired) electrons. The summed E-state index contributed by atoms with van der Waals surface area (Å²) in [5.74, 6) is -1.67. The minimum atomic E-state index is -1.44. The Kier molecular flexibility index (Phi) is 4.65. The highest BCUT2D eigenvalue weighted by molar-refractivity contribution is 5.82. The third-order valence-electron chi connectivity index (χ3n) is 3.68. The Labute approximate surface area is 122 Å². The van der Waals surface area contributed by atoms with E-state index in [1.54, 1.807) is 18.3 Å². The highest BCUT2D eigenvalue weighted by atomic mass is 19.1. The van der Waals surface area contributed by atoms with Gasteiger partial charge in [-0.05, 0) is 31.0 Å². The van der Waals surface area contributed by atoms with Gasteiger partial charge >= 0.3 is 5.97 Å². The minimum Gasteiger partial charge on any atom is -0.481 e. The topological polar surface area (TPSA) is 76.2 Å². The Morgan fingerprint density at radius 3 is 2.52 bits per heavy atom. The van der Waals surface area contributed by atoms with Crippen molar-refractivity contribution in [1.29, 1.82) is 0 Å². The van der Waals surface area contributed by atoms with Gasteiger partial charge in [0.2, 0.25) is 0 Å². The van der Waals surface area contributed by atoms with Crippen molar-refractivity contribution in [2.45, 2.75) is 18.3 Å². The Morgan fingerprint density at radius 1 is 1.24 bits per heavy atom. The minimum absolute atomic E-state index is 0.121. The predicted molar refractivity (Wildman–Crippen MR) is 77.3 cm³/mol. The average molecular weight is 288 g/mol. The lowest BCUT2D eigenvalue weighted by molar-refractivity contribution is -0.143. The van der Waals surface area contributed by atoms with E-state index in [1.807, 2.05) is 12.1 Å². The van der Waals surface area contributed by atoms with Gasteiger partial charge in [0, 0.05) is 24.0 Å². The van der Waals surface area contributed by atoms with E-state index in [-0.39, 0.29) is 18.5 Å². The Balaban J connectivity index is 2.34. The number of carboxylic acid groups (broad SMARTS) is 1. The molecule has 1 aromatic heterocycles. The molecule has 0 amide bonds. The molecule has 4 nitrogen and oxygen atoms in total. The number of carboxylic acids is 1. The second kappa shape index (κ2) is 6.45. The summed E-state index contributed by atoms with van der Waals surface area (Å²) in [7, 11) is 0.